The predicted octanol–water partition coefficient (Wildman–Crippen LogP) is 2.84. The first kappa shape index (κ1) is 20.4. The van der Waals surface area contributed by atoms with Gasteiger partial charge >= 0.3 is 0 Å². The molecule has 0 spiro atoms. The minimum atomic E-state index is -0.256. The summed E-state index contributed by atoms with van der Waals surface area (Å²) < 4.78 is 12.4. The first-order chi connectivity index (χ1) is 14.1. The summed E-state index contributed by atoms with van der Waals surface area (Å²) in [6.45, 7) is 1.87. The summed E-state index contributed by atoms with van der Waals surface area (Å²) in [6, 6.07) is 15.1. The maximum absolute atomic E-state index is 12.2. The molecule has 0 bridgehead atoms. The van der Waals surface area contributed by atoms with E-state index < -0.39 is 0 Å². The van der Waals surface area contributed by atoms with Gasteiger partial charge in [0, 0.05) is 11.3 Å². The molecule has 1 amide bonds. The van der Waals surface area contributed by atoms with Gasteiger partial charge in [0.05, 0.1) is 26.2 Å². The van der Waals surface area contributed by atoms with Gasteiger partial charge in [-0.15, -0.1) is 10.2 Å². The third kappa shape index (κ3) is 5.14. The lowest BCUT2D eigenvalue weighted by molar-refractivity contribution is -0.118. The lowest BCUT2D eigenvalue weighted by Gasteiger charge is -2.08. The molecule has 0 atom stereocenters. The van der Waals surface area contributed by atoms with E-state index in [1.165, 1.54) is 18.0 Å². The molecule has 1 aromatic heterocycles. The Morgan fingerprint density at radius 1 is 1.17 bits per heavy atom. The van der Waals surface area contributed by atoms with Crippen molar-refractivity contribution in [2.24, 2.45) is 5.10 Å². The number of rotatable bonds is 8. The fourth-order valence-corrected chi connectivity index (χ4v) is 3.38. The third-order valence-electron chi connectivity index (χ3n) is 3.97. The first-order valence-electron chi connectivity index (χ1n) is 8.76. The van der Waals surface area contributed by atoms with Crippen LogP contribution in [0, 0.1) is 6.92 Å². The Bertz CT molecular complexity index is 1000. The number of carbonyl (C=O) groups excluding carboxylic acids is 1. The second kappa shape index (κ2) is 9.74. The normalized spacial score (nSPS) is 10.9. The van der Waals surface area contributed by atoms with Crippen molar-refractivity contribution in [1.29, 1.82) is 0 Å². The molecule has 29 heavy (non-hydrogen) atoms. The lowest BCUT2D eigenvalue weighted by atomic mass is 10.2. The molecule has 3 rings (SSSR count). The van der Waals surface area contributed by atoms with Crippen molar-refractivity contribution < 1.29 is 14.3 Å². The molecule has 3 aromatic rings. The highest BCUT2D eigenvalue weighted by Gasteiger charge is 2.13. The molecule has 0 aliphatic heterocycles. The molecule has 0 fully saturated rings. The van der Waals surface area contributed by atoms with Crippen LogP contribution in [0.15, 0.2) is 58.8 Å². The lowest BCUT2D eigenvalue weighted by Crippen LogP contribution is -2.20. The maximum atomic E-state index is 12.2. The second-order valence-corrected chi connectivity index (χ2v) is 6.83. The molecular formula is C20H21N5O3S. The summed E-state index contributed by atoms with van der Waals surface area (Å²) in [5.41, 5.74) is 4.15. The van der Waals surface area contributed by atoms with E-state index in [0.717, 1.165) is 11.5 Å². The Morgan fingerprint density at radius 3 is 2.69 bits per heavy atom. The SMILES string of the molecule is COc1ccc(OC)c(C=NNC(=O)CSc2nnc(C)n2-c2ccccc2)c1. The fraction of sp³-hybridized carbons (Fsp3) is 0.200. The minimum Gasteiger partial charge on any atom is -0.497 e. The van der Waals surface area contributed by atoms with Crippen LogP contribution in [0.2, 0.25) is 0 Å². The number of methoxy groups -OCH3 is 2. The summed E-state index contributed by atoms with van der Waals surface area (Å²) in [5, 5.41) is 12.9. The number of thioether (sulfide) groups is 1. The number of nitrogens with one attached hydrogen (secondary N) is 1. The van der Waals surface area contributed by atoms with Gasteiger partial charge in [0.25, 0.3) is 5.91 Å². The Labute approximate surface area is 172 Å². The van der Waals surface area contributed by atoms with Crippen molar-refractivity contribution in [2.75, 3.05) is 20.0 Å². The molecule has 150 valence electrons. The van der Waals surface area contributed by atoms with Crippen LogP contribution < -0.4 is 14.9 Å². The smallest absolute Gasteiger partial charge is 0.250 e. The number of hydrogen-bond donors (Lipinski definition) is 1. The van der Waals surface area contributed by atoms with Crippen molar-refractivity contribution in [2.45, 2.75) is 12.1 Å². The molecule has 0 aliphatic rings. The number of benzene rings is 2. The summed E-state index contributed by atoms with van der Waals surface area (Å²) >= 11 is 1.29. The van der Waals surface area contributed by atoms with E-state index in [1.807, 2.05) is 41.8 Å². The van der Waals surface area contributed by atoms with Crippen LogP contribution >= 0.6 is 11.8 Å². The number of aryl methyl sites for hydroxylation is 1. The van der Waals surface area contributed by atoms with Gasteiger partial charge in [0.1, 0.15) is 17.3 Å². The van der Waals surface area contributed by atoms with Crippen LogP contribution in [-0.2, 0) is 4.79 Å². The van der Waals surface area contributed by atoms with Gasteiger partial charge in [-0.25, -0.2) is 5.43 Å². The number of hydrazone groups is 1. The van der Waals surface area contributed by atoms with Gasteiger partial charge in [0.2, 0.25) is 0 Å². The van der Waals surface area contributed by atoms with E-state index in [1.54, 1.807) is 32.4 Å². The Balaban J connectivity index is 1.61. The summed E-state index contributed by atoms with van der Waals surface area (Å²) in [4.78, 5) is 12.2. The van der Waals surface area contributed by atoms with Crippen LogP contribution in [0.1, 0.15) is 11.4 Å². The number of aromatic nitrogens is 3. The molecule has 8 nitrogen and oxygen atoms in total. The van der Waals surface area contributed by atoms with E-state index in [2.05, 4.69) is 20.7 Å². The van der Waals surface area contributed by atoms with E-state index in [-0.39, 0.29) is 11.7 Å². The van der Waals surface area contributed by atoms with Crippen molar-refractivity contribution in [1.82, 2.24) is 20.2 Å². The number of carbonyl (C=O) groups is 1. The Kier molecular flexibility index (Phi) is 6.85. The zero-order valence-electron chi connectivity index (χ0n) is 16.3. The molecule has 1 N–H and O–H groups in total. The molecule has 0 unspecified atom stereocenters. The number of amides is 1. The van der Waals surface area contributed by atoms with Crippen molar-refractivity contribution in [3.63, 3.8) is 0 Å². The number of hydrogen-bond acceptors (Lipinski definition) is 7. The topological polar surface area (TPSA) is 90.6 Å². The highest BCUT2D eigenvalue weighted by molar-refractivity contribution is 7.99. The predicted molar refractivity (Wildman–Crippen MR) is 112 cm³/mol. The van der Waals surface area contributed by atoms with E-state index in [4.69, 9.17) is 9.47 Å². The molecule has 2 aromatic carbocycles. The monoisotopic (exact) mass is 411 g/mol. The molecule has 0 saturated heterocycles. The average molecular weight is 411 g/mol. The van der Waals surface area contributed by atoms with Gasteiger partial charge in [-0.05, 0) is 37.3 Å². The van der Waals surface area contributed by atoms with Crippen molar-refractivity contribution >= 4 is 23.9 Å². The third-order valence-corrected chi connectivity index (χ3v) is 4.90. The van der Waals surface area contributed by atoms with Crippen LogP contribution in [0.25, 0.3) is 5.69 Å². The van der Waals surface area contributed by atoms with Gasteiger partial charge in [0.15, 0.2) is 5.16 Å². The molecule has 0 radical (unpaired) electrons. The minimum absolute atomic E-state index is 0.150. The van der Waals surface area contributed by atoms with Crippen LogP contribution in [0.5, 0.6) is 11.5 Å². The maximum Gasteiger partial charge on any atom is 0.250 e. The van der Waals surface area contributed by atoms with Crippen molar-refractivity contribution in [3.8, 4) is 17.2 Å². The standard InChI is InChI=1S/C20H21N5O3S/c1-14-22-24-20(25(14)16-7-5-4-6-8-16)29-13-19(26)23-21-12-15-11-17(27-2)9-10-18(15)28-3/h4-12H,13H2,1-3H3,(H,23,26). The summed E-state index contributed by atoms with van der Waals surface area (Å²) in [6.07, 6.45) is 1.51. The zero-order valence-corrected chi connectivity index (χ0v) is 17.1. The highest BCUT2D eigenvalue weighted by atomic mass is 32.2. The first-order valence-corrected chi connectivity index (χ1v) is 9.75. The largest absolute Gasteiger partial charge is 0.497 e. The average Bonchev–Trinajstić information content (AvgIpc) is 3.13. The van der Waals surface area contributed by atoms with Gasteiger partial charge < -0.3 is 9.47 Å². The number of nitrogens with zero attached hydrogens (tertiary/aromatic N) is 4. The molecular weight excluding hydrogens is 390 g/mol. The van der Waals surface area contributed by atoms with E-state index in [9.17, 15) is 4.79 Å². The summed E-state index contributed by atoms with van der Waals surface area (Å²) in [5.74, 6) is 1.95. The number of para-hydroxylation sites is 1. The molecule has 0 aliphatic carbocycles. The van der Waals surface area contributed by atoms with Crippen LogP contribution in [-0.4, -0.2) is 46.9 Å². The second-order valence-electron chi connectivity index (χ2n) is 5.89. The van der Waals surface area contributed by atoms with E-state index in [0.29, 0.717) is 22.2 Å². The van der Waals surface area contributed by atoms with Gasteiger partial charge in [-0.3, -0.25) is 9.36 Å². The van der Waals surface area contributed by atoms with Crippen LogP contribution in [0.3, 0.4) is 0 Å². The van der Waals surface area contributed by atoms with Gasteiger partial charge in [-0.2, -0.15) is 5.10 Å². The van der Waals surface area contributed by atoms with E-state index >= 15 is 0 Å². The molecule has 1 heterocycles. The fourth-order valence-electron chi connectivity index (χ4n) is 2.59. The molecule has 0 saturated carbocycles. The zero-order chi connectivity index (χ0) is 20.6. The molecule has 9 heteroatoms. The Hall–Kier alpha value is -3.33. The van der Waals surface area contributed by atoms with Crippen molar-refractivity contribution in [3.05, 3.63) is 59.9 Å². The van der Waals surface area contributed by atoms with Crippen LogP contribution in [0.4, 0.5) is 0 Å². The Morgan fingerprint density at radius 2 is 1.97 bits per heavy atom. The summed E-state index contributed by atoms with van der Waals surface area (Å²) in [7, 11) is 3.15. The van der Waals surface area contributed by atoms with Gasteiger partial charge in [-0.1, -0.05) is 30.0 Å². The highest BCUT2D eigenvalue weighted by Crippen LogP contribution is 2.23. The quantitative estimate of drug-likeness (QED) is 0.348. The number of ether oxygens (including phenoxy) is 2.